The molecule has 1 unspecified atom stereocenters. The molecule has 2 saturated carbocycles. The van der Waals surface area contributed by atoms with Crippen LogP contribution in [0.25, 0.3) is 0 Å². The van der Waals surface area contributed by atoms with E-state index in [0.717, 1.165) is 12.8 Å². The number of ether oxygens (including phenoxy) is 2. The third-order valence-corrected chi connectivity index (χ3v) is 13.4. The van der Waals surface area contributed by atoms with Crippen molar-refractivity contribution >= 4 is 5.78 Å². The van der Waals surface area contributed by atoms with Crippen molar-refractivity contribution < 1.29 is 19.4 Å². The quantitative estimate of drug-likeness (QED) is 0.598. The molecule has 1 spiro atoms. The lowest BCUT2D eigenvalue weighted by molar-refractivity contribution is -0.284. The lowest BCUT2D eigenvalue weighted by Crippen LogP contribution is -2.69. The maximum atomic E-state index is 14.1. The SMILES string of the molecule is CC(C)[C@H]1CC[C@@]2(C)[C@H]3CC[C@]45CCC[C@H]4[C@]2(C[C@H](O)C(=O)[C@]2(C)CO[C@@]4(C)CC[C@@H]2O4)[C@H]1N5C3. The van der Waals surface area contributed by atoms with Gasteiger partial charge in [-0.15, -0.1) is 0 Å². The molecule has 7 bridgehead atoms. The van der Waals surface area contributed by atoms with Crippen LogP contribution in [0.4, 0.5) is 0 Å². The molecule has 5 nitrogen and oxygen atoms in total. The van der Waals surface area contributed by atoms with E-state index in [0.29, 0.717) is 48.3 Å². The molecule has 0 aromatic rings. The van der Waals surface area contributed by atoms with Gasteiger partial charge < -0.3 is 14.6 Å². The molecule has 35 heavy (non-hydrogen) atoms. The second kappa shape index (κ2) is 7.12. The first kappa shape index (κ1) is 23.6. The number of hydrogen-bond acceptors (Lipinski definition) is 5. The summed E-state index contributed by atoms with van der Waals surface area (Å²) in [6, 6.07) is 0.520. The molecule has 2 aliphatic carbocycles. The molecular weight excluding hydrogens is 438 g/mol. The van der Waals surface area contributed by atoms with E-state index in [9.17, 15) is 9.90 Å². The Morgan fingerprint density at radius 1 is 1.06 bits per heavy atom. The smallest absolute Gasteiger partial charge is 0.172 e. The summed E-state index contributed by atoms with van der Waals surface area (Å²) in [7, 11) is 0. The van der Waals surface area contributed by atoms with Crippen molar-refractivity contribution in [2.45, 2.75) is 128 Å². The highest BCUT2D eigenvalue weighted by Gasteiger charge is 2.80. The molecule has 0 aromatic heterocycles. The first-order valence-electron chi connectivity index (χ1n) is 14.8. The molecule has 7 fully saturated rings. The Bertz CT molecular complexity index is 937. The Morgan fingerprint density at radius 3 is 2.63 bits per heavy atom. The van der Waals surface area contributed by atoms with Crippen LogP contribution >= 0.6 is 0 Å². The van der Waals surface area contributed by atoms with Gasteiger partial charge >= 0.3 is 0 Å². The number of aliphatic hydroxyl groups is 1. The fourth-order valence-electron chi connectivity index (χ4n) is 11.7. The summed E-state index contributed by atoms with van der Waals surface area (Å²) in [5.74, 6) is 2.07. The maximum Gasteiger partial charge on any atom is 0.172 e. The van der Waals surface area contributed by atoms with Crippen LogP contribution in [0.2, 0.25) is 0 Å². The Morgan fingerprint density at radius 2 is 1.86 bits per heavy atom. The summed E-state index contributed by atoms with van der Waals surface area (Å²) in [6.07, 6.45) is 10.4. The Balaban J connectivity index is 1.29. The first-order valence-corrected chi connectivity index (χ1v) is 14.8. The molecule has 0 radical (unpaired) electrons. The predicted octanol–water partition coefficient (Wildman–Crippen LogP) is 4.94. The lowest BCUT2D eigenvalue weighted by Gasteiger charge is -2.67. The second-order valence-corrected chi connectivity index (χ2v) is 14.9. The van der Waals surface area contributed by atoms with Gasteiger partial charge in [-0.2, -0.15) is 0 Å². The van der Waals surface area contributed by atoms with Crippen LogP contribution in [0.1, 0.15) is 98.8 Å². The average Bonchev–Trinajstić information content (AvgIpc) is 3.43. The number of aliphatic hydroxyl groups excluding tert-OH is 1. The fraction of sp³-hybridized carbons (Fsp3) is 0.967. The van der Waals surface area contributed by atoms with Gasteiger partial charge in [0.25, 0.3) is 0 Å². The summed E-state index contributed by atoms with van der Waals surface area (Å²) >= 11 is 0. The van der Waals surface area contributed by atoms with E-state index >= 15 is 0 Å². The molecule has 7 rings (SSSR count). The van der Waals surface area contributed by atoms with Crippen LogP contribution in [-0.2, 0) is 14.3 Å². The molecule has 0 amide bonds. The topological polar surface area (TPSA) is 59.0 Å². The largest absolute Gasteiger partial charge is 0.385 e. The van der Waals surface area contributed by atoms with Crippen molar-refractivity contribution in [3.8, 4) is 0 Å². The molecule has 0 aromatic carbocycles. The van der Waals surface area contributed by atoms with Gasteiger partial charge in [0, 0.05) is 24.5 Å². The van der Waals surface area contributed by atoms with Crippen molar-refractivity contribution in [1.29, 1.82) is 0 Å². The van der Waals surface area contributed by atoms with E-state index in [4.69, 9.17) is 9.47 Å². The van der Waals surface area contributed by atoms with Crippen molar-refractivity contribution in [1.82, 2.24) is 4.90 Å². The van der Waals surface area contributed by atoms with Gasteiger partial charge in [-0.3, -0.25) is 9.69 Å². The van der Waals surface area contributed by atoms with Crippen LogP contribution in [0.3, 0.4) is 0 Å². The molecule has 7 aliphatic rings. The number of piperidine rings is 2. The number of hydrogen-bond donors (Lipinski definition) is 1. The first-order chi connectivity index (χ1) is 16.5. The highest BCUT2D eigenvalue weighted by Crippen LogP contribution is 2.79. The van der Waals surface area contributed by atoms with Crippen LogP contribution in [0.5, 0.6) is 0 Å². The third-order valence-electron chi connectivity index (χ3n) is 13.4. The van der Waals surface area contributed by atoms with Gasteiger partial charge in [0.05, 0.1) is 18.1 Å². The zero-order valence-corrected chi connectivity index (χ0v) is 22.6. The van der Waals surface area contributed by atoms with Crippen molar-refractivity contribution in [3.63, 3.8) is 0 Å². The van der Waals surface area contributed by atoms with E-state index in [1.165, 1.54) is 51.5 Å². The van der Waals surface area contributed by atoms with Crippen molar-refractivity contribution in [2.24, 2.45) is 39.9 Å². The molecule has 1 N–H and O–H groups in total. The Hall–Kier alpha value is -0.490. The molecular formula is C30H47NO4. The second-order valence-electron chi connectivity index (χ2n) is 14.9. The zero-order valence-electron chi connectivity index (χ0n) is 22.6. The number of nitrogens with zero attached hydrogens (tertiary/aromatic N) is 1. The van der Waals surface area contributed by atoms with Gasteiger partial charge in [-0.25, -0.2) is 0 Å². The zero-order chi connectivity index (χ0) is 24.6. The Kier molecular flexibility index (Phi) is 4.81. The summed E-state index contributed by atoms with van der Waals surface area (Å²) in [5, 5.41) is 11.9. The summed E-state index contributed by atoms with van der Waals surface area (Å²) in [4.78, 5) is 17.1. The molecule has 5 aliphatic heterocycles. The standard InChI is InChI=1S/C30H47NO4/c1-18(2)20-9-12-27(4)19-8-14-29-11-6-7-22(29)30(27,24(20)31(29)16-19)15-21(32)25(33)26(3)17-34-28(5)13-10-23(26)35-28/h18-24,32H,6-17H2,1-5H3/t19-,20+,21-,22+,23-,24-,26+,27-,28+,29+,30+/m0/s1. The number of carbonyl (C=O) groups is 1. The molecule has 5 heterocycles. The monoisotopic (exact) mass is 485 g/mol. The van der Waals surface area contributed by atoms with E-state index in [1.807, 2.05) is 13.8 Å². The van der Waals surface area contributed by atoms with Crippen LogP contribution < -0.4 is 0 Å². The summed E-state index contributed by atoms with van der Waals surface area (Å²) < 4.78 is 12.3. The molecule has 12 atom stereocenters. The van der Waals surface area contributed by atoms with Gasteiger partial charge in [-0.05, 0) is 99.7 Å². The van der Waals surface area contributed by atoms with Crippen LogP contribution in [0.15, 0.2) is 0 Å². The predicted molar refractivity (Wildman–Crippen MR) is 134 cm³/mol. The van der Waals surface area contributed by atoms with Crippen molar-refractivity contribution in [3.05, 3.63) is 0 Å². The average molecular weight is 486 g/mol. The number of fused-ring (bicyclic) bond motifs is 4. The minimum atomic E-state index is -0.931. The van der Waals surface area contributed by atoms with E-state index in [2.05, 4.69) is 25.7 Å². The van der Waals surface area contributed by atoms with Crippen LogP contribution in [-0.4, -0.2) is 58.5 Å². The van der Waals surface area contributed by atoms with E-state index in [1.54, 1.807) is 0 Å². The minimum absolute atomic E-state index is 0.0213. The number of ketones is 1. The van der Waals surface area contributed by atoms with Gasteiger partial charge in [-0.1, -0.05) is 27.2 Å². The van der Waals surface area contributed by atoms with Gasteiger partial charge in [0.15, 0.2) is 11.6 Å². The fourth-order valence-corrected chi connectivity index (χ4v) is 11.7. The van der Waals surface area contributed by atoms with E-state index in [-0.39, 0.29) is 22.7 Å². The molecule has 196 valence electrons. The van der Waals surface area contributed by atoms with Gasteiger partial charge in [0.2, 0.25) is 0 Å². The normalized spacial score (nSPS) is 58.6. The minimum Gasteiger partial charge on any atom is -0.385 e. The number of carbonyl (C=O) groups excluding carboxylic acids is 1. The summed E-state index contributed by atoms with van der Waals surface area (Å²) in [6.45, 7) is 13.0. The van der Waals surface area contributed by atoms with E-state index < -0.39 is 17.3 Å². The molecule has 5 heteroatoms. The number of Topliss-reactive ketones (excluding diaryl/α,β-unsaturated/α-hetero) is 1. The molecule has 5 saturated heterocycles. The Labute approximate surface area is 211 Å². The third kappa shape index (κ3) is 2.63. The maximum absolute atomic E-state index is 14.1. The van der Waals surface area contributed by atoms with Crippen molar-refractivity contribution in [2.75, 3.05) is 13.2 Å². The highest BCUT2D eigenvalue weighted by atomic mass is 16.7. The number of rotatable bonds is 5. The highest BCUT2D eigenvalue weighted by molar-refractivity contribution is 5.89. The van der Waals surface area contributed by atoms with Crippen LogP contribution in [0, 0.1) is 39.9 Å². The summed E-state index contributed by atoms with van der Waals surface area (Å²) in [5.41, 5.74) is -0.158. The lowest BCUT2D eigenvalue weighted by atomic mass is 9.42. The van der Waals surface area contributed by atoms with Gasteiger partial charge in [0.1, 0.15) is 6.10 Å².